The van der Waals surface area contributed by atoms with Crippen molar-refractivity contribution in [3.8, 4) is 0 Å². The zero-order valence-electron chi connectivity index (χ0n) is 12.7. The van der Waals surface area contributed by atoms with E-state index in [1.807, 2.05) is 12.1 Å². The van der Waals surface area contributed by atoms with Gasteiger partial charge in [-0.15, -0.1) is 0 Å². The summed E-state index contributed by atoms with van der Waals surface area (Å²) in [4.78, 5) is 2.45. The van der Waals surface area contributed by atoms with Gasteiger partial charge in [-0.25, -0.2) is 0 Å². The minimum Gasteiger partial charge on any atom is -0.399 e. The van der Waals surface area contributed by atoms with Gasteiger partial charge < -0.3 is 10.6 Å². The van der Waals surface area contributed by atoms with Gasteiger partial charge in [-0.2, -0.15) is 0 Å². The van der Waals surface area contributed by atoms with Crippen molar-refractivity contribution < 1.29 is 0 Å². The first-order chi connectivity index (χ1) is 8.24. The van der Waals surface area contributed by atoms with E-state index in [9.17, 15) is 0 Å². The van der Waals surface area contributed by atoms with E-state index < -0.39 is 0 Å². The number of nitrogens with two attached hydrogens (primary N) is 1. The summed E-state index contributed by atoms with van der Waals surface area (Å²) in [6, 6.07) is 8.86. The molecule has 0 saturated heterocycles. The van der Waals surface area contributed by atoms with Crippen LogP contribution in [0.15, 0.2) is 24.3 Å². The van der Waals surface area contributed by atoms with E-state index in [2.05, 4.69) is 58.7 Å². The second kappa shape index (κ2) is 5.75. The van der Waals surface area contributed by atoms with Crippen LogP contribution in [-0.4, -0.2) is 24.5 Å². The summed E-state index contributed by atoms with van der Waals surface area (Å²) in [5, 5.41) is 0. The molecule has 0 radical (unpaired) electrons. The highest BCUT2D eigenvalue weighted by Gasteiger charge is 2.25. The van der Waals surface area contributed by atoms with E-state index in [4.69, 9.17) is 5.73 Å². The molecule has 102 valence electrons. The van der Waals surface area contributed by atoms with E-state index in [1.165, 1.54) is 5.56 Å². The maximum atomic E-state index is 5.75. The molecular weight excluding hydrogens is 220 g/mol. The highest BCUT2D eigenvalue weighted by molar-refractivity contribution is 5.41. The van der Waals surface area contributed by atoms with Gasteiger partial charge in [-0.05, 0) is 37.6 Å². The van der Waals surface area contributed by atoms with Gasteiger partial charge in [0.25, 0.3) is 0 Å². The second-order valence-electron chi connectivity index (χ2n) is 6.41. The van der Waals surface area contributed by atoms with E-state index in [0.29, 0.717) is 12.0 Å². The predicted molar refractivity (Wildman–Crippen MR) is 80.8 cm³/mol. The summed E-state index contributed by atoms with van der Waals surface area (Å²) in [6.45, 7) is 12.5. The Labute approximate surface area is 112 Å². The summed E-state index contributed by atoms with van der Waals surface area (Å²) >= 11 is 0. The van der Waals surface area contributed by atoms with E-state index in [0.717, 1.165) is 12.2 Å². The molecule has 18 heavy (non-hydrogen) atoms. The van der Waals surface area contributed by atoms with Crippen LogP contribution >= 0.6 is 0 Å². The van der Waals surface area contributed by atoms with Gasteiger partial charge in [0, 0.05) is 23.7 Å². The molecule has 1 unspecified atom stereocenters. The summed E-state index contributed by atoms with van der Waals surface area (Å²) in [5.41, 5.74) is 8.07. The van der Waals surface area contributed by atoms with Crippen LogP contribution in [0.4, 0.5) is 5.69 Å². The third kappa shape index (κ3) is 3.74. The van der Waals surface area contributed by atoms with Crippen LogP contribution in [0.5, 0.6) is 0 Å². The van der Waals surface area contributed by atoms with Crippen LogP contribution in [0.25, 0.3) is 0 Å². The van der Waals surface area contributed by atoms with E-state index in [-0.39, 0.29) is 5.41 Å². The standard InChI is InChI=1S/C16H28N2/c1-12(2)13(3)18(6)11-16(4,5)14-7-9-15(17)10-8-14/h7-10,12-13H,11,17H2,1-6H3. The quantitative estimate of drug-likeness (QED) is 0.808. The van der Waals surface area contributed by atoms with Gasteiger partial charge in [0.1, 0.15) is 0 Å². The molecule has 1 aromatic rings. The van der Waals surface area contributed by atoms with Crippen molar-refractivity contribution in [1.29, 1.82) is 0 Å². The Balaban J connectivity index is 2.78. The molecule has 0 bridgehead atoms. The summed E-state index contributed by atoms with van der Waals surface area (Å²) in [6.07, 6.45) is 0. The Bertz CT molecular complexity index is 365. The van der Waals surface area contributed by atoms with E-state index >= 15 is 0 Å². The fourth-order valence-corrected chi connectivity index (χ4v) is 2.30. The molecule has 0 spiro atoms. The third-order valence-electron chi connectivity index (χ3n) is 4.00. The van der Waals surface area contributed by atoms with Crippen LogP contribution < -0.4 is 5.73 Å². The molecule has 2 heteroatoms. The third-order valence-corrected chi connectivity index (χ3v) is 4.00. The first-order valence-corrected chi connectivity index (χ1v) is 6.80. The van der Waals surface area contributed by atoms with Crippen LogP contribution in [-0.2, 0) is 5.41 Å². The van der Waals surface area contributed by atoms with Crippen LogP contribution in [0, 0.1) is 5.92 Å². The van der Waals surface area contributed by atoms with Gasteiger partial charge in [0.2, 0.25) is 0 Å². The van der Waals surface area contributed by atoms with Crippen molar-refractivity contribution in [2.24, 2.45) is 5.92 Å². The van der Waals surface area contributed by atoms with Crippen molar-refractivity contribution in [2.75, 3.05) is 19.3 Å². The van der Waals surface area contributed by atoms with Crippen molar-refractivity contribution >= 4 is 5.69 Å². The molecule has 1 atom stereocenters. The molecular formula is C16H28N2. The largest absolute Gasteiger partial charge is 0.399 e. The molecule has 1 rings (SSSR count). The zero-order chi connectivity index (χ0) is 13.9. The van der Waals surface area contributed by atoms with Crippen LogP contribution in [0.1, 0.15) is 40.2 Å². The van der Waals surface area contributed by atoms with Gasteiger partial charge in [-0.1, -0.05) is 39.8 Å². The Morgan fingerprint density at radius 1 is 1.11 bits per heavy atom. The molecule has 0 aliphatic heterocycles. The van der Waals surface area contributed by atoms with Crippen molar-refractivity contribution in [2.45, 2.75) is 46.1 Å². The molecule has 0 aliphatic rings. The zero-order valence-corrected chi connectivity index (χ0v) is 12.7. The topological polar surface area (TPSA) is 29.3 Å². The molecule has 0 saturated carbocycles. The predicted octanol–water partition coefficient (Wildman–Crippen LogP) is 3.52. The number of nitrogens with zero attached hydrogens (tertiary/aromatic N) is 1. The number of hydrogen-bond acceptors (Lipinski definition) is 2. The minimum atomic E-state index is 0.144. The first kappa shape index (κ1) is 15.0. The van der Waals surface area contributed by atoms with Crippen LogP contribution in [0.2, 0.25) is 0 Å². The minimum absolute atomic E-state index is 0.144. The maximum absolute atomic E-state index is 5.75. The summed E-state index contributed by atoms with van der Waals surface area (Å²) in [7, 11) is 2.21. The van der Waals surface area contributed by atoms with Crippen molar-refractivity contribution in [3.05, 3.63) is 29.8 Å². The fourth-order valence-electron chi connectivity index (χ4n) is 2.30. The Morgan fingerprint density at radius 3 is 2.06 bits per heavy atom. The molecule has 1 aromatic carbocycles. The second-order valence-corrected chi connectivity index (χ2v) is 6.41. The SMILES string of the molecule is CC(C)C(C)N(C)CC(C)(C)c1ccc(N)cc1. The molecule has 0 aliphatic carbocycles. The van der Waals surface area contributed by atoms with Gasteiger partial charge in [0.15, 0.2) is 0 Å². The normalized spacial score (nSPS) is 14.2. The number of anilines is 1. The number of benzene rings is 1. The monoisotopic (exact) mass is 248 g/mol. The number of hydrogen-bond donors (Lipinski definition) is 1. The molecule has 2 nitrogen and oxygen atoms in total. The lowest BCUT2D eigenvalue weighted by Crippen LogP contribution is -2.41. The lowest BCUT2D eigenvalue weighted by Gasteiger charge is -2.36. The van der Waals surface area contributed by atoms with E-state index in [1.54, 1.807) is 0 Å². The van der Waals surface area contributed by atoms with Gasteiger partial charge in [-0.3, -0.25) is 0 Å². The average molecular weight is 248 g/mol. The molecule has 0 aromatic heterocycles. The molecule has 2 N–H and O–H groups in total. The first-order valence-electron chi connectivity index (χ1n) is 6.80. The van der Waals surface area contributed by atoms with Gasteiger partial charge in [0.05, 0.1) is 0 Å². The van der Waals surface area contributed by atoms with Crippen molar-refractivity contribution in [1.82, 2.24) is 4.90 Å². The van der Waals surface area contributed by atoms with Crippen LogP contribution in [0.3, 0.4) is 0 Å². The highest BCUT2D eigenvalue weighted by atomic mass is 15.1. The number of likely N-dealkylation sites (N-methyl/N-ethyl adjacent to an activating group) is 1. The van der Waals surface area contributed by atoms with Crippen molar-refractivity contribution in [3.63, 3.8) is 0 Å². The fraction of sp³-hybridized carbons (Fsp3) is 0.625. The highest BCUT2D eigenvalue weighted by Crippen LogP contribution is 2.26. The molecule has 0 heterocycles. The Kier molecular flexibility index (Phi) is 4.80. The Hall–Kier alpha value is -1.02. The number of nitrogen functional groups attached to an aromatic ring is 1. The lowest BCUT2D eigenvalue weighted by molar-refractivity contribution is 0.174. The number of rotatable bonds is 5. The summed E-state index contributed by atoms with van der Waals surface area (Å²) < 4.78 is 0. The lowest BCUT2D eigenvalue weighted by atomic mass is 9.83. The Morgan fingerprint density at radius 2 is 1.61 bits per heavy atom. The average Bonchev–Trinajstić information content (AvgIpc) is 2.27. The smallest absolute Gasteiger partial charge is 0.0314 e. The molecule has 0 fully saturated rings. The summed E-state index contributed by atoms with van der Waals surface area (Å²) in [5.74, 6) is 0.678. The van der Waals surface area contributed by atoms with Gasteiger partial charge >= 0.3 is 0 Å². The maximum Gasteiger partial charge on any atom is 0.0314 e. The molecule has 0 amide bonds.